The van der Waals surface area contributed by atoms with Gasteiger partial charge in [-0.25, -0.2) is 23.5 Å². The zero-order valence-corrected chi connectivity index (χ0v) is 25.7. The van der Waals surface area contributed by atoms with Crippen LogP contribution in [0.4, 0.5) is 22.1 Å². The second-order valence-electron chi connectivity index (χ2n) is 10.7. The summed E-state index contributed by atoms with van der Waals surface area (Å²) in [6.07, 6.45) is -4.56. The molecule has 9 N–H and O–H groups in total. The molecule has 7 rings (SSSR count). The fraction of sp³-hybridized carbons (Fsp3) is 0.455. The average molecular weight is 701 g/mol. The Morgan fingerprint density at radius 2 is 1.77 bits per heavy atom. The number of nitrogens with two attached hydrogens (primary N) is 2. The van der Waals surface area contributed by atoms with E-state index in [0.29, 0.717) is 0 Å². The average Bonchev–Trinajstić information content (AvgIpc) is 3.76. The number of halogens is 1. The normalized spacial score (nSPS) is 33.3. The van der Waals surface area contributed by atoms with E-state index in [1.165, 1.54) is 17.9 Å². The molecule has 2 aliphatic heterocycles. The lowest BCUT2D eigenvalue weighted by atomic mass is 10.1. The number of imidazole rings is 2. The summed E-state index contributed by atoms with van der Waals surface area (Å²) in [5, 5.41) is 13.9. The van der Waals surface area contributed by atoms with E-state index in [0.717, 1.165) is 10.9 Å². The molecule has 2 bridgehead atoms. The zero-order valence-electron chi connectivity index (χ0n) is 23.9. The first-order valence-corrected chi connectivity index (χ1v) is 16.7. The Hall–Kier alpha value is -4.05. The Morgan fingerprint density at radius 3 is 2.53 bits per heavy atom. The number of nitrogens with zero attached hydrogens (tertiary/aromatic N) is 7. The maximum atomic E-state index is 15.9. The van der Waals surface area contributed by atoms with Gasteiger partial charge in [0, 0.05) is 13.0 Å². The predicted octanol–water partition coefficient (Wildman–Crippen LogP) is -0.400. The number of H-pyrrole nitrogens is 1. The number of aliphatic hydroxyl groups is 1. The van der Waals surface area contributed by atoms with Crippen LogP contribution in [0.5, 0.6) is 0 Å². The van der Waals surface area contributed by atoms with Crippen LogP contribution >= 0.6 is 15.6 Å². The molecule has 0 aromatic carbocycles. The molecule has 1 saturated heterocycles. The number of hydrogen-bond acceptors (Lipinski definition) is 17. The lowest BCUT2D eigenvalue weighted by Gasteiger charge is -2.26. The van der Waals surface area contributed by atoms with Crippen molar-refractivity contribution in [2.24, 2.45) is 5.92 Å². The smallest absolute Gasteiger partial charge is 0.468 e. The minimum absolute atomic E-state index is 0.0306. The number of hydrogen-bond donors (Lipinski definition) is 7. The molecular weight excluding hydrogens is 675 g/mol. The van der Waals surface area contributed by atoms with Gasteiger partial charge in [-0.15, -0.1) is 0 Å². The predicted molar refractivity (Wildman–Crippen MR) is 155 cm³/mol. The molecule has 3 aliphatic rings. The minimum atomic E-state index is -5.12. The van der Waals surface area contributed by atoms with E-state index in [1.807, 2.05) is 0 Å². The number of anilines is 3. The summed E-state index contributed by atoms with van der Waals surface area (Å²) in [6, 6.07) is -1.01. The maximum absolute atomic E-state index is 15.9. The second kappa shape index (κ2) is 11.3. The molecule has 1 aliphatic carbocycles. The van der Waals surface area contributed by atoms with Crippen LogP contribution in [0.1, 0.15) is 12.5 Å². The van der Waals surface area contributed by atoms with Gasteiger partial charge in [-0.3, -0.25) is 32.4 Å². The van der Waals surface area contributed by atoms with Crippen LogP contribution in [-0.4, -0.2) is 98.6 Å². The van der Waals surface area contributed by atoms with Crippen LogP contribution in [0, 0.1) is 5.92 Å². The Bertz CT molecular complexity index is 2090. The van der Waals surface area contributed by atoms with Gasteiger partial charge in [-0.2, -0.15) is 15.0 Å². The van der Waals surface area contributed by atoms with Gasteiger partial charge in [-0.1, -0.05) is 0 Å². The van der Waals surface area contributed by atoms with Gasteiger partial charge in [0.25, 0.3) is 5.56 Å². The van der Waals surface area contributed by atoms with Crippen LogP contribution < -0.4 is 22.3 Å². The number of rotatable bonds is 3. The van der Waals surface area contributed by atoms with E-state index >= 15 is 4.39 Å². The van der Waals surface area contributed by atoms with Gasteiger partial charge >= 0.3 is 15.6 Å². The summed E-state index contributed by atoms with van der Waals surface area (Å²) < 4.78 is 71.1. The first-order chi connectivity index (χ1) is 22.2. The molecule has 252 valence electrons. The molecule has 4 aromatic rings. The van der Waals surface area contributed by atoms with Gasteiger partial charge in [0.15, 0.2) is 46.2 Å². The standard InChI is InChI=1S/C22H26FN11O11P2/c1-26-22-31-18-12(19(36)32-22)28-5-33(18)8-2-7-3-41-46(37,38)45-15-9(4-42-47(39,40)44-14(8)13(7)35)43-20(10(15)23)34-6-27-11-16(24)29-21(25)30-17(11)34/h5-9,13-15,35H,2-4H2,1H3,(H,37,38)(H,39,40)(H4,24,25,29,30)(H2,26,31,32,36)/t7?,8-,9-,13?,14?,15?/m1/s1. The number of aromatic nitrogens is 8. The molecule has 0 amide bonds. The second-order valence-corrected chi connectivity index (χ2v) is 13.5. The van der Waals surface area contributed by atoms with Crippen molar-refractivity contribution < 1.29 is 51.2 Å². The quantitative estimate of drug-likeness (QED) is 0.134. The first-order valence-electron chi connectivity index (χ1n) is 13.7. The van der Waals surface area contributed by atoms with E-state index in [9.17, 15) is 28.8 Å². The third-order valence-corrected chi connectivity index (χ3v) is 9.79. The van der Waals surface area contributed by atoms with Gasteiger partial charge in [0.05, 0.1) is 31.7 Å². The fourth-order valence-corrected chi connectivity index (χ4v) is 7.62. The van der Waals surface area contributed by atoms with Crippen molar-refractivity contribution in [3.05, 3.63) is 28.8 Å². The lowest BCUT2D eigenvalue weighted by Crippen LogP contribution is -2.33. The van der Waals surface area contributed by atoms with Crippen molar-refractivity contribution in [1.82, 2.24) is 39.0 Å². The van der Waals surface area contributed by atoms with E-state index in [1.54, 1.807) is 0 Å². The molecule has 25 heteroatoms. The summed E-state index contributed by atoms with van der Waals surface area (Å²) >= 11 is 0. The van der Waals surface area contributed by atoms with Crippen molar-refractivity contribution in [1.29, 1.82) is 0 Å². The number of phosphoric acid groups is 2. The van der Waals surface area contributed by atoms with Gasteiger partial charge in [0.1, 0.15) is 12.4 Å². The Balaban J connectivity index is 1.22. The fourth-order valence-electron chi connectivity index (χ4n) is 5.70. The zero-order chi connectivity index (χ0) is 33.4. The van der Waals surface area contributed by atoms with E-state index in [2.05, 4.69) is 35.2 Å². The number of aromatic amines is 1. The van der Waals surface area contributed by atoms with Crippen LogP contribution in [0.25, 0.3) is 28.2 Å². The molecule has 22 nitrogen and oxygen atoms in total. The number of nitrogens with one attached hydrogen (secondary N) is 2. The molecule has 0 spiro atoms. The van der Waals surface area contributed by atoms with Crippen LogP contribution in [0.15, 0.2) is 23.3 Å². The van der Waals surface area contributed by atoms with E-state index in [-0.39, 0.29) is 46.5 Å². The highest BCUT2D eigenvalue weighted by Gasteiger charge is 2.51. The lowest BCUT2D eigenvalue weighted by molar-refractivity contribution is -0.0141. The molecule has 6 heterocycles. The summed E-state index contributed by atoms with van der Waals surface area (Å²) in [4.78, 5) is 56.5. The highest BCUT2D eigenvalue weighted by molar-refractivity contribution is 7.47. The van der Waals surface area contributed by atoms with Gasteiger partial charge < -0.3 is 41.0 Å². The third kappa shape index (κ3) is 5.54. The Labute approximate surface area is 260 Å². The Kier molecular flexibility index (Phi) is 7.57. The number of aliphatic hydroxyl groups excluding tert-OH is 1. The SMILES string of the molecule is CNc1nc2c(ncn2[C@@H]2CC3COP(=O)(O)OC4C(F)=C(n5cnc6c(N)nc(N)nc65)O[C@@H]4COP(=O)(O)OC2C3O)c(=O)[nH]1. The van der Waals surface area contributed by atoms with Crippen molar-refractivity contribution >= 4 is 61.6 Å². The maximum Gasteiger partial charge on any atom is 0.473 e. The van der Waals surface area contributed by atoms with Crippen LogP contribution in [0.2, 0.25) is 0 Å². The highest BCUT2D eigenvalue weighted by atomic mass is 31.2. The minimum Gasteiger partial charge on any atom is -0.468 e. The molecule has 4 aromatic heterocycles. The molecule has 8 atom stereocenters. The van der Waals surface area contributed by atoms with Crippen molar-refractivity contribution in [2.45, 2.75) is 36.9 Å². The molecular formula is C22H26FN11O11P2. The topological polar surface area (TPSA) is 312 Å². The van der Waals surface area contributed by atoms with Gasteiger partial charge in [0.2, 0.25) is 17.8 Å². The number of phosphoric ester groups is 2. The third-order valence-electron chi connectivity index (χ3n) is 7.84. The van der Waals surface area contributed by atoms with Gasteiger partial charge in [-0.05, 0) is 6.42 Å². The first kappa shape index (κ1) is 31.5. The van der Waals surface area contributed by atoms with E-state index in [4.69, 9.17) is 34.3 Å². The summed E-state index contributed by atoms with van der Waals surface area (Å²) in [7, 11) is -8.72. The van der Waals surface area contributed by atoms with Crippen molar-refractivity contribution in [3.63, 3.8) is 0 Å². The highest BCUT2D eigenvalue weighted by Crippen LogP contribution is 2.55. The van der Waals surface area contributed by atoms with E-state index < -0.39 is 82.5 Å². The summed E-state index contributed by atoms with van der Waals surface area (Å²) in [5.41, 5.74) is 10.8. The molecule has 47 heavy (non-hydrogen) atoms. The molecule has 1 saturated carbocycles. The molecule has 6 unspecified atom stereocenters. The van der Waals surface area contributed by atoms with Crippen molar-refractivity contribution in [3.8, 4) is 0 Å². The number of nitrogen functional groups attached to an aromatic ring is 2. The molecule has 2 fully saturated rings. The summed E-state index contributed by atoms with van der Waals surface area (Å²) in [6.45, 7) is -1.59. The molecule has 0 radical (unpaired) electrons. The van der Waals surface area contributed by atoms with Crippen molar-refractivity contribution in [2.75, 3.05) is 37.0 Å². The largest absolute Gasteiger partial charge is 0.473 e. The monoisotopic (exact) mass is 701 g/mol. The summed E-state index contributed by atoms with van der Waals surface area (Å²) in [5.74, 6) is -3.21. The number of ether oxygens (including phenoxy) is 1. The van der Waals surface area contributed by atoms with Crippen LogP contribution in [0.3, 0.4) is 0 Å². The number of fused-ring (bicyclic) bond motifs is 5. The Morgan fingerprint density at radius 1 is 1.04 bits per heavy atom. The van der Waals surface area contributed by atoms with Crippen LogP contribution in [-0.2, 0) is 32.0 Å².